The van der Waals surface area contributed by atoms with Crippen LogP contribution in [0.1, 0.15) is 29.5 Å². The van der Waals surface area contributed by atoms with Crippen molar-refractivity contribution in [1.29, 1.82) is 0 Å². The quantitative estimate of drug-likeness (QED) is 0.543. The van der Waals surface area contributed by atoms with Gasteiger partial charge in [-0.05, 0) is 19.1 Å². The van der Waals surface area contributed by atoms with Gasteiger partial charge in [0.1, 0.15) is 5.69 Å². The standard InChI is InChI=1S/C16H17N3O.ClH/c1-4-10-18-12-8-6-7-9-13(12)19-15(14(20)5-2)11(3)17-16(18)19;/h4,6-9H,1,5,10H2,2-3H3;1H. The summed E-state index contributed by atoms with van der Waals surface area (Å²) in [6.07, 6.45) is 2.33. The van der Waals surface area contributed by atoms with Crippen molar-refractivity contribution in [2.45, 2.75) is 26.8 Å². The van der Waals surface area contributed by atoms with Crippen LogP contribution in [0.15, 0.2) is 36.9 Å². The summed E-state index contributed by atoms with van der Waals surface area (Å²) in [5.41, 5.74) is 3.57. The molecule has 0 aliphatic carbocycles. The number of hydrogen-bond donors (Lipinski definition) is 0. The number of fused-ring (bicyclic) bond motifs is 3. The number of ketones is 1. The molecule has 0 unspecified atom stereocenters. The fourth-order valence-electron chi connectivity index (χ4n) is 2.72. The average molecular weight is 304 g/mol. The number of allylic oxidation sites excluding steroid dienone is 1. The summed E-state index contributed by atoms with van der Waals surface area (Å²) in [7, 11) is 0. The van der Waals surface area contributed by atoms with Crippen molar-refractivity contribution in [3.05, 3.63) is 48.3 Å². The van der Waals surface area contributed by atoms with Gasteiger partial charge in [-0.2, -0.15) is 0 Å². The summed E-state index contributed by atoms with van der Waals surface area (Å²) in [5.74, 6) is 0.928. The largest absolute Gasteiger partial charge is 0.306 e. The molecule has 0 bridgehead atoms. The maximum absolute atomic E-state index is 12.2. The van der Waals surface area contributed by atoms with Crippen molar-refractivity contribution in [3.63, 3.8) is 0 Å². The number of aromatic nitrogens is 3. The van der Waals surface area contributed by atoms with E-state index in [0.29, 0.717) is 18.7 Å². The van der Waals surface area contributed by atoms with Crippen molar-refractivity contribution < 1.29 is 4.79 Å². The number of imidazole rings is 2. The molecule has 0 saturated heterocycles. The third-order valence-electron chi connectivity index (χ3n) is 3.59. The lowest BCUT2D eigenvalue weighted by Gasteiger charge is -2.00. The summed E-state index contributed by atoms with van der Waals surface area (Å²) < 4.78 is 4.06. The van der Waals surface area contributed by atoms with Crippen LogP contribution in [0.25, 0.3) is 16.8 Å². The van der Waals surface area contributed by atoms with E-state index >= 15 is 0 Å². The van der Waals surface area contributed by atoms with Crippen LogP contribution in [0.5, 0.6) is 0 Å². The molecule has 21 heavy (non-hydrogen) atoms. The van der Waals surface area contributed by atoms with Gasteiger partial charge in [0.05, 0.1) is 16.7 Å². The first kappa shape index (κ1) is 15.3. The molecular weight excluding hydrogens is 286 g/mol. The second-order valence-corrected chi connectivity index (χ2v) is 4.85. The average Bonchev–Trinajstić information content (AvgIpc) is 2.94. The van der Waals surface area contributed by atoms with E-state index < -0.39 is 0 Å². The first-order chi connectivity index (χ1) is 9.69. The number of benzene rings is 1. The van der Waals surface area contributed by atoms with Crippen LogP contribution in [-0.4, -0.2) is 19.7 Å². The molecule has 1 aromatic carbocycles. The summed E-state index contributed by atoms with van der Waals surface area (Å²) in [6.45, 7) is 8.25. The molecule has 0 saturated carbocycles. The van der Waals surface area contributed by atoms with Crippen molar-refractivity contribution >= 4 is 35.0 Å². The van der Waals surface area contributed by atoms with E-state index in [2.05, 4.69) is 16.1 Å². The van der Waals surface area contributed by atoms with E-state index in [1.54, 1.807) is 0 Å². The Morgan fingerprint density at radius 2 is 2.00 bits per heavy atom. The normalized spacial score (nSPS) is 10.8. The fraction of sp³-hybridized carbons (Fsp3) is 0.250. The molecule has 5 heteroatoms. The van der Waals surface area contributed by atoms with Crippen LogP contribution in [0.3, 0.4) is 0 Å². The van der Waals surface area contributed by atoms with Gasteiger partial charge in [0.2, 0.25) is 5.78 Å². The van der Waals surface area contributed by atoms with Crippen molar-refractivity contribution in [3.8, 4) is 0 Å². The van der Waals surface area contributed by atoms with Crippen molar-refractivity contribution in [2.24, 2.45) is 0 Å². The predicted molar refractivity (Wildman–Crippen MR) is 87.5 cm³/mol. The van der Waals surface area contributed by atoms with Gasteiger partial charge in [-0.25, -0.2) is 4.98 Å². The second kappa shape index (κ2) is 5.74. The zero-order chi connectivity index (χ0) is 14.3. The molecule has 0 amide bonds. The van der Waals surface area contributed by atoms with Gasteiger partial charge in [-0.3, -0.25) is 9.20 Å². The predicted octanol–water partition coefficient (Wildman–Crippen LogP) is 3.80. The highest BCUT2D eigenvalue weighted by Crippen LogP contribution is 2.25. The van der Waals surface area contributed by atoms with E-state index in [1.165, 1.54) is 0 Å². The van der Waals surface area contributed by atoms with Gasteiger partial charge in [-0.1, -0.05) is 25.1 Å². The van der Waals surface area contributed by atoms with E-state index in [9.17, 15) is 4.79 Å². The number of aryl methyl sites for hydroxylation is 1. The van der Waals surface area contributed by atoms with Gasteiger partial charge in [-0.15, -0.1) is 19.0 Å². The van der Waals surface area contributed by atoms with E-state index in [4.69, 9.17) is 0 Å². The minimum absolute atomic E-state index is 0. The molecule has 0 aliphatic rings. The zero-order valence-electron chi connectivity index (χ0n) is 12.2. The van der Waals surface area contributed by atoms with Crippen LogP contribution >= 0.6 is 12.4 Å². The van der Waals surface area contributed by atoms with Crippen LogP contribution in [0.4, 0.5) is 0 Å². The maximum atomic E-state index is 12.2. The first-order valence-corrected chi connectivity index (χ1v) is 6.79. The highest BCUT2D eigenvalue weighted by Gasteiger charge is 2.20. The summed E-state index contributed by atoms with van der Waals surface area (Å²) in [4.78, 5) is 16.8. The Hall–Kier alpha value is -2.07. The summed E-state index contributed by atoms with van der Waals surface area (Å²) in [5, 5.41) is 0. The highest BCUT2D eigenvalue weighted by molar-refractivity contribution is 5.98. The van der Waals surface area contributed by atoms with Gasteiger partial charge < -0.3 is 4.57 Å². The lowest BCUT2D eigenvalue weighted by atomic mass is 10.2. The topological polar surface area (TPSA) is 39.3 Å². The Morgan fingerprint density at radius 1 is 1.33 bits per heavy atom. The Bertz CT molecular complexity index is 829. The molecule has 4 nitrogen and oxygen atoms in total. The van der Waals surface area contributed by atoms with E-state index in [1.807, 2.05) is 48.6 Å². The van der Waals surface area contributed by atoms with Gasteiger partial charge >= 0.3 is 0 Å². The fourth-order valence-corrected chi connectivity index (χ4v) is 2.72. The smallest absolute Gasteiger partial charge is 0.216 e. The number of carbonyl (C=O) groups is 1. The summed E-state index contributed by atoms with van der Waals surface area (Å²) >= 11 is 0. The number of rotatable bonds is 4. The molecule has 3 rings (SSSR count). The number of carbonyl (C=O) groups excluding carboxylic acids is 1. The Morgan fingerprint density at radius 3 is 2.62 bits per heavy atom. The highest BCUT2D eigenvalue weighted by atomic mass is 35.5. The Balaban J connectivity index is 0.00000161. The lowest BCUT2D eigenvalue weighted by molar-refractivity contribution is 0.0982. The zero-order valence-corrected chi connectivity index (χ0v) is 13.0. The molecule has 0 atom stereocenters. The molecular formula is C16H18ClN3O. The van der Waals surface area contributed by atoms with Gasteiger partial charge in [0.15, 0.2) is 5.78 Å². The monoisotopic (exact) mass is 303 g/mol. The van der Waals surface area contributed by atoms with Crippen molar-refractivity contribution in [2.75, 3.05) is 0 Å². The first-order valence-electron chi connectivity index (χ1n) is 6.79. The molecule has 110 valence electrons. The molecule has 0 N–H and O–H groups in total. The SMILES string of the molecule is C=CCn1c2ccccc2n2c(C(=O)CC)c(C)nc12.Cl. The molecule has 2 aromatic heterocycles. The molecule has 0 spiro atoms. The Kier molecular flexibility index (Phi) is 4.19. The van der Waals surface area contributed by atoms with Crippen LogP contribution in [0, 0.1) is 6.92 Å². The number of para-hydroxylation sites is 2. The molecule has 0 radical (unpaired) electrons. The second-order valence-electron chi connectivity index (χ2n) is 4.85. The summed E-state index contributed by atoms with van der Waals surface area (Å²) in [6, 6.07) is 8.05. The third-order valence-corrected chi connectivity index (χ3v) is 3.59. The number of nitrogens with zero attached hydrogens (tertiary/aromatic N) is 3. The van der Waals surface area contributed by atoms with Crippen LogP contribution < -0.4 is 0 Å². The molecule has 3 aromatic rings. The number of Topliss-reactive ketones (excluding diaryl/α,β-unsaturated/α-hetero) is 1. The lowest BCUT2D eigenvalue weighted by Crippen LogP contribution is -2.03. The van der Waals surface area contributed by atoms with Crippen LogP contribution in [0.2, 0.25) is 0 Å². The van der Waals surface area contributed by atoms with E-state index in [-0.39, 0.29) is 18.2 Å². The van der Waals surface area contributed by atoms with Crippen LogP contribution in [-0.2, 0) is 6.54 Å². The third kappa shape index (κ3) is 2.16. The minimum Gasteiger partial charge on any atom is -0.306 e. The van der Waals surface area contributed by atoms with Crippen molar-refractivity contribution in [1.82, 2.24) is 14.0 Å². The Labute approximate surface area is 129 Å². The molecule has 0 fully saturated rings. The molecule has 0 aliphatic heterocycles. The minimum atomic E-state index is 0. The maximum Gasteiger partial charge on any atom is 0.216 e. The number of hydrogen-bond acceptors (Lipinski definition) is 2. The number of halogens is 1. The van der Waals surface area contributed by atoms with Gasteiger partial charge in [0, 0.05) is 13.0 Å². The van der Waals surface area contributed by atoms with Gasteiger partial charge in [0.25, 0.3) is 0 Å². The molecule has 2 heterocycles. The van der Waals surface area contributed by atoms with E-state index in [0.717, 1.165) is 22.5 Å².